The molecule has 0 unspecified atom stereocenters. The largest absolute Gasteiger partial charge is 0.370 e. The molecule has 6 heteroatoms. The number of anilines is 1. The minimum absolute atomic E-state index is 0. The normalized spacial score (nSPS) is 14.2. The molecule has 0 saturated heterocycles. The average molecular weight is 443 g/mol. The van der Waals surface area contributed by atoms with Gasteiger partial charge in [-0.05, 0) is 48.4 Å². The van der Waals surface area contributed by atoms with E-state index in [4.69, 9.17) is 5.73 Å². The molecule has 0 aliphatic heterocycles. The van der Waals surface area contributed by atoms with Crippen LogP contribution in [0.1, 0.15) is 17.5 Å². The highest BCUT2D eigenvalue weighted by atomic mass is 127. The van der Waals surface area contributed by atoms with E-state index < -0.39 is 11.6 Å². The fourth-order valence-electron chi connectivity index (χ4n) is 2.99. The lowest BCUT2D eigenvalue weighted by atomic mass is 10.0. The summed E-state index contributed by atoms with van der Waals surface area (Å²) >= 11 is 0. The molecule has 0 heterocycles. The number of nitrogens with two attached hydrogens (primary N) is 1. The van der Waals surface area contributed by atoms with Gasteiger partial charge in [0.05, 0.1) is 5.69 Å². The molecule has 0 amide bonds. The maximum atomic E-state index is 13.5. The van der Waals surface area contributed by atoms with Crippen LogP contribution in [0.4, 0.5) is 14.5 Å². The number of hydrogen-bond acceptors (Lipinski definition) is 1. The Morgan fingerprint density at radius 1 is 1.12 bits per heavy atom. The quantitative estimate of drug-likeness (QED) is 0.425. The van der Waals surface area contributed by atoms with Crippen LogP contribution in [-0.2, 0) is 12.8 Å². The van der Waals surface area contributed by atoms with Crippen molar-refractivity contribution in [2.24, 2.45) is 16.6 Å². The first kappa shape index (κ1) is 18.6. The lowest BCUT2D eigenvalue weighted by Crippen LogP contribution is -2.23. The highest BCUT2D eigenvalue weighted by molar-refractivity contribution is 14.0. The monoisotopic (exact) mass is 443 g/mol. The number of rotatable bonds is 4. The van der Waals surface area contributed by atoms with Crippen LogP contribution in [0.2, 0.25) is 0 Å². The molecule has 0 bridgehead atoms. The number of hydrogen-bond donors (Lipinski definition) is 2. The van der Waals surface area contributed by atoms with Gasteiger partial charge in [0.15, 0.2) is 5.96 Å². The number of nitrogens with zero attached hydrogens (tertiary/aromatic N) is 1. The Morgan fingerprint density at radius 3 is 2.46 bits per heavy atom. The first-order valence-corrected chi connectivity index (χ1v) is 7.70. The van der Waals surface area contributed by atoms with Gasteiger partial charge in [-0.15, -0.1) is 24.0 Å². The van der Waals surface area contributed by atoms with Crippen LogP contribution in [0.15, 0.2) is 47.5 Å². The van der Waals surface area contributed by atoms with Crippen LogP contribution in [0.5, 0.6) is 0 Å². The van der Waals surface area contributed by atoms with Crippen LogP contribution in [0.25, 0.3) is 0 Å². The predicted octanol–water partition coefficient (Wildman–Crippen LogP) is 4.11. The molecule has 2 aromatic rings. The molecule has 1 aliphatic carbocycles. The lowest BCUT2D eigenvalue weighted by Gasteiger charge is -2.09. The molecule has 1 aliphatic rings. The third-order valence-corrected chi connectivity index (χ3v) is 4.15. The summed E-state index contributed by atoms with van der Waals surface area (Å²) in [5.41, 5.74) is 8.57. The first-order valence-electron chi connectivity index (χ1n) is 7.70. The molecule has 24 heavy (non-hydrogen) atoms. The summed E-state index contributed by atoms with van der Waals surface area (Å²) in [6.45, 7) is 0.564. The number of halogens is 3. The van der Waals surface area contributed by atoms with E-state index in [0.29, 0.717) is 12.5 Å². The SMILES string of the molecule is I.NC(=NCCC1Cc2ccccc2C1)Nc1cc(F)ccc1F. The molecular weight excluding hydrogens is 423 g/mol. The minimum atomic E-state index is -0.559. The molecule has 0 atom stereocenters. The van der Waals surface area contributed by atoms with E-state index in [9.17, 15) is 8.78 Å². The van der Waals surface area contributed by atoms with E-state index in [1.54, 1.807) is 0 Å². The number of fused-ring (bicyclic) bond motifs is 1. The molecule has 0 radical (unpaired) electrons. The topological polar surface area (TPSA) is 50.4 Å². The Balaban J connectivity index is 0.00000208. The summed E-state index contributed by atoms with van der Waals surface area (Å²) in [7, 11) is 0. The molecule has 0 spiro atoms. The van der Waals surface area contributed by atoms with Crippen molar-refractivity contribution in [2.45, 2.75) is 19.3 Å². The third kappa shape index (κ3) is 4.66. The van der Waals surface area contributed by atoms with Crippen LogP contribution in [-0.4, -0.2) is 12.5 Å². The summed E-state index contributed by atoms with van der Waals surface area (Å²) in [6, 6.07) is 11.6. The summed E-state index contributed by atoms with van der Waals surface area (Å²) in [6.07, 6.45) is 3.05. The average Bonchev–Trinajstić information content (AvgIpc) is 2.93. The zero-order valence-corrected chi connectivity index (χ0v) is 15.5. The standard InChI is InChI=1S/C18H19F2N3.HI/c19-15-5-6-16(20)17(11-15)23-18(21)22-8-7-12-9-13-3-1-2-4-14(13)10-12;/h1-6,11-12H,7-10H2,(H3,21,22,23);1H. The molecule has 3 nitrogen and oxygen atoms in total. The molecule has 0 aromatic heterocycles. The van der Waals surface area contributed by atoms with Gasteiger partial charge < -0.3 is 11.1 Å². The van der Waals surface area contributed by atoms with E-state index in [2.05, 4.69) is 34.6 Å². The van der Waals surface area contributed by atoms with E-state index in [0.717, 1.165) is 37.5 Å². The van der Waals surface area contributed by atoms with Gasteiger partial charge in [0.25, 0.3) is 0 Å². The van der Waals surface area contributed by atoms with Gasteiger partial charge in [0, 0.05) is 12.6 Å². The van der Waals surface area contributed by atoms with Crippen molar-refractivity contribution in [3.05, 3.63) is 65.2 Å². The minimum Gasteiger partial charge on any atom is -0.370 e. The Labute approximate surface area is 157 Å². The number of guanidine groups is 1. The highest BCUT2D eigenvalue weighted by Gasteiger charge is 2.20. The summed E-state index contributed by atoms with van der Waals surface area (Å²) < 4.78 is 26.6. The molecule has 3 rings (SSSR count). The zero-order valence-electron chi connectivity index (χ0n) is 13.1. The fraction of sp³-hybridized carbons (Fsp3) is 0.278. The highest BCUT2D eigenvalue weighted by Crippen LogP contribution is 2.28. The Morgan fingerprint density at radius 2 is 1.79 bits per heavy atom. The van der Waals surface area contributed by atoms with Crippen molar-refractivity contribution < 1.29 is 8.78 Å². The molecule has 3 N–H and O–H groups in total. The van der Waals surface area contributed by atoms with Crippen LogP contribution < -0.4 is 11.1 Å². The second-order valence-corrected chi connectivity index (χ2v) is 5.85. The van der Waals surface area contributed by atoms with Crippen LogP contribution in [0, 0.1) is 17.6 Å². The Hall–Kier alpha value is -1.70. The van der Waals surface area contributed by atoms with E-state index in [-0.39, 0.29) is 35.6 Å². The van der Waals surface area contributed by atoms with Gasteiger partial charge in [-0.1, -0.05) is 24.3 Å². The number of aliphatic imine (C=N–C) groups is 1. The van der Waals surface area contributed by atoms with Gasteiger partial charge in [0.1, 0.15) is 11.6 Å². The van der Waals surface area contributed by atoms with Gasteiger partial charge >= 0.3 is 0 Å². The van der Waals surface area contributed by atoms with Gasteiger partial charge in [-0.2, -0.15) is 0 Å². The predicted molar refractivity (Wildman–Crippen MR) is 104 cm³/mol. The maximum Gasteiger partial charge on any atom is 0.193 e. The third-order valence-electron chi connectivity index (χ3n) is 4.15. The van der Waals surface area contributed by atoms with Crippen LogP contribution >= 0.6 is 24.0 Å². The lowest BCUT2D eigenvalue weighted by molar-refractivity contribution is 0.523. The maximum absolute atomic E-state index is 13.5. The number of benzene rings is 2. The van der Waals surface area contributed by atoms with Crippen molar-refractivity contribution in [2.75, 3.05) is 11.9 Å². The van der Waals surface area contributed by atoms with Gasteiger partial charge in [-0.3, -0.25) is 4.99 Å². The van der Waals surface area contributed by atoms with Crippen molar-refractivity contribution >= 4 is 35.6 Å². The summed E-state index contributed by atoms with van der Waals surface area (Å²) in [5, 5.41) is 2.61. The molecule has 2 aromatic carbocycles. The fourth-order valence-corrected chi connectivity index (χ4v) is 2.99. The van der Waals surface area contributed by atoms with Gasteiger partial charge in [-0.25, -0.2) is 8.78 Å². The molecular formula is C18H20F2IN3. The second-order valence-electron chi connectivity index (χ2n) is 5.85. The Kier molecular flexibility index (Phi) is 6.53. The van der Waals surface area contributed by atoms with E-state index >= 15 is 0 Å². The van der Waals surface area contributed by atoms with Crippen molar-refractivity contribution in [1.29, 1.82) is 0 Å². The smallest absolute Gasteiger partial charge is 0.193 e. The molecule has 0 fully saturated rings. The zero-order chi connectivity index (χ0) is 16.2. The van der Waals surface area contributed by atoms with E-state index in [1.165, 1.54) is 11.1 Å². The first-order chi connectivity index (χ1) is 11.1. The molecule has 128 valence electrons. The van der Waals surface area contributed by atoms with E-state index in [1.807, 2.05) is 0 Å². The Bertz CT molecular complexity index is 709. The summed E-state index contributed by atoms with van der Waals surface area (Å²) in [5.74, 6) is -0.416. The molecule has 0 saturated carbocycles. The number of nitrogens with one attached hydrogen (secondary N) is 1. The summed E-state index contributed by atoms with van der Waals surface area (Å²) in [4.78, 5) is 4.21. The van der Waals surface area contributed by atoms with Crippen LogP contribution in [0.3, 0.4) is 0 Å². The van der Waals surface area contributed by atoms with Crippen molar-refractivity contribution in [3.8, 4) is 0 Å². The van der Waals surface area contributed by atoms with Gasteiger partial charge in [0.2, 0.25) is 0 Å². The second kappa shape index (κ2) is 8.41. The van der Waals surface area contributed by atoms with Crippen molar-refractivity contribution in [1.82, 2.24) is 0 Å². The van der Waals surface area contributed by atoms with Crippen molar-refractivity contribution in [3.63, 3.8) is 0 Å².